The normalized spacial score (nSPS) is 14.2. The number of hydrogen-bond donors (Lipinski definition) is 2. The Balaban J connectivity index is 2.00. The van der Waals surface area contributed by atoms with Crippen LogP contribution < -0.4 is 5.32 Å². The average Bonchev–Trinajstić information content (AvgIpc) is 2.83. The van der Waals surface area contributed by atoms with Gasteiger partial charge >= 0.3 is 0 Å². The lowest BCUT2D eigenvalue weighted by molar-refractivity contribution is 0.0939. The van der Waals surface area contributed by atoms with E-state index in [1.807, 2.05) is 37.4 Å². The summed E-state index contributed by atoms with van der Waals surface area (Å²) in [5, 5.41) is 4.01. The van der Waals surface area contributed by atoms with E-state index in [1.165, 1.54) is 0 Å². The Morgan fingerprint density at radius 3 is 2.95 bits per heavy atom. The van der Waals surface area contributed by atoms with Gasteiger partial charge in [0.05, 0.1) is 0 Å². The molecule has 0 fully saturated rings. The van der Waals surface area contributed by atoms with Crippen LogP contribution in [0.3, 0.4) is 0 Å². The van der Waals surface area contributed by atoms with Gasteiger partial charge in [-0.3, -0.25) is 9.00 Å². The third-order valence-electron chi connectivity index (χ3n) is 3.03. The minimum Gasteiger partial charge on any atom is -0.361 e. The smallest absolute Gasteiger partial charge is 0.251 e. The molecule has 0 saturated heterocycles. The third-order valence-corrected chi connectivity index (χ3v) is 3.84. The minimum absolute atomic E-state index is 0.0238. The Hall–Kier alpha value is -1.62. The topological polar surface area (TPSA) is 62.0 Å². The van der Waals surface area contributed by atoms with Crippen molar-refractivity contribution < 1.29 is 9.00 Å². The van der Waals surface area contributed by atoms with Gasteiger partial charge in [-0.2, -0.15) is 0 Å². The molecule has 102 valence electrons. The highest BCUT2D eigenvalue weighted by Gasteiger charge is 2.10. The SMILES string of the molecule is CC(CCS(C)=O)NC(=O)c1ccc2cc[nH]c2c1. The van der Waals surface area contributed by atoms with Crippen LogP contribution in [0.4, 0.5) is 0 Å². The number of amides is 1. The molecule has 1 amide bonds. The van der Waals surface area contributed by atoms with Crippen LogP contribution in [0, 0.1) is 0 Å². The standard InChI is InChI=1S/C14H18N2O2S/c1-10(6-8-19(2)18)16-14(17)12-4-3-11-5-7-15-13(11)9-12/h3-5,7,9-10,15H,6,8H2,1-2H3,(H,16,17). The number of benzene rings is 1. The van der Waals surface area contributed by atoms with Gasteiger partial charge in [0.2, 0.25) is 0 Å². The van der Waals surface area contributed by atoms with E-state index in [1.54, 1.807) is 6.26 Å². The van der Waals surface area contributed by atoms with Crippen molar-refractivity contribution in [3.63, 3.8) is 0 Å². The zero-order valence-corrected chi connectivity index (χ0v) is 11.9. The molecule has 4 nitrogen and oxygen atoms in total. The van der Waals surface area contributed by atoms with Crippen molar-refractivity contribution in [2.45, 2.75) is 19.4 Å². The second-order valence-electron chi connectivity index (χ2n) is 4.72. The minimum atomic E-state index is -0.815. The Labute approximate surface area is 115 Å². The Morgan fingerprint density at radius 2 is 2.21 bits per heavy atom. The number of carbonyl (C=O) groups is 1. The summed E-state index contributed by atoms with van der Waals surface area (Å²) in [5.41, 5.74) is 1.59. The molecule has 0 spiro atoms. The number of aromatic nitrogens is 1. The fourth-order valence-corrected chi connectivity index (χ4v) is 2.60. The Kier molecular flexibility index (Phi) is 4.37. The van der Waals surface area contributed by atoms with Crippen LogP contribution in [0.1, 0.15) is 23.7 Å². The van der Waals surface area contributed by atoms with Crippen LogP contribution in [0.2, 0.25) is 0 Å². The second-order valence-corrected chi connectivity index (χ2v) is 6.27. The number of fused-ring (bicyclic) bond motifs is 1. The van der Waals surface area contributed by atoms with Gasteiger partial charge in [-0.15, -0.1) is 0 Å². The van der Waals surface area contributed by atoms with Gasteiger partial charge in [0.25, 0.3) is 5.91 Å². The maximum absolute atomic E-state index is 12.1. The number of H-pyrrole nitrogens is 1. The summed E-state index contributed by atoms with van der Waals surface area (Å²) in [4.78, 5) is 15.2. The molecule has 19 heavy (non-hydrogen) atoms. The van der Waals surface area contributed by atoms with Crippen LogP contribution in [-0.2, 0) is 10.8 Å². The van der Waals surface area contributed by atoms with Crippen molar-refractivity contribution in [3.8, 4) is 0 Å². The molecule has 0 aliphatic carbocycles. The van der Waals surface area contributed by atoms with Gasteiger partial charge in [-0.1, -0.05) is 6.07 Å². The molecule has 1 heterocycles. The summed E-state index contributed by atoms with van der Waals surface area (Å²) in [7, 11) is -0.815. The van der Waals surface area contributed by atoms with E-state index in [9.17, 15) is 9.00 Å². The Bertz CT molecular complexity index is 606. The quantitative estimate of drug-likeness (QED) is 0.879. The number of nitrogens with one attached hydrogen (secondary N) is 2. The van der Waals surface area contributed by atoms with E-state index in [4.69, 9.17) is 0 Å². The largest absolute Gasteiger partial charge is 0.361 e. The summed E-state index contributed by atoms with van der Waals surface area (Å²) < 4.78 is 11.0. The van der Waals surface area contributed by atoms with Gasteiger partial charge in [0, 0.05) is 46.1 Å². The van der Waals surface area contributed by atoms with Gasteiger partial charge < -0.3 is 10.3 Å². The summed E-state index contributed by atoms with van der Waals surface area (Å²) >= 11 is 0. The van der Waals surface area contributed by atoms with Gasteiger partial charge in [-0.25, -0.2) is 0 Å². The predicted octanol–water partition coefficient (Wildman–Crippen LogP) is 2.05. The van der Waals surface area contributed by atoms with Crippen LogP contribution in [0.15, 0.2) is 30.5 Å². The fraction of sp³-hybridized carbons (Fsp3) is 0.357. The summed E-state index contributed by atoms with van der Waals surface area (Å²) in [6, 6.07) is 7.57. The Morgan fingerprint density at radius 1 is 1.42 bits per heavy atom. The maximum atomic E-state index is 12.1. The lowest BCUT2D eigenvalue weighted by Gasteiger charge is -2.13. The van der Waals surface area contributed by atoms with E-state index < -0.39 is 10.8 Å². The fourth-order valence-electron chi connectivity index (χ4n) is 1.91. The molecule has 2 unspecified atom stereocenters. The summed E-state index contributed by atoms with van der Waals surface area (Å²) in [6.45, 7) is 1.93. The van der Waals surface area contributed by atoms with Crippen LogP contribution in [0.5, 0.6) is 0 Å². The molecule has 1 aromatic heterocycles. The molecule has 0 radical (unpaired) electrons. The van der Waals surface area contributed by atoms with Crippen molar-refractivity contribution in [1.82, 2.24) is 10.3 Å². The van der Waals surface area contributed by atoms with Crippen molar-refractivity contribution in [2.75, 3.05) is 12.0 Å². The highest BCUT2D eigenvalue weighted by atomic mass is 32.2. The monoisotopic (exact) mass is 278 g/mol. The first kappa shape index (κ1) is 13.8. The van der Waals surface area contributed by atoms with E-state index in [0.29, 0.717) is 11.3 Å². The first-order valence-electron chi connectivity index (χ1n) is 6.24. The van der Waals surface area contributed by atoms with E-state index in [0.717, 1.165) is 17.3 Å². The zero-order chi connectivity index (χ0) is 13.8. The first-order valence-corrected chi connectivity index (χ1v) is 7.97. The molecule has 2 aromatic rings. The van der Waals surface area contributed by atoms with Gasteiger partial charge in [0.1, 0.15) is 0 Å². The lowest BCUT2D eigenvalue weighted by atomic mass is 10.1. The van der Waals surface area contributed by atoms with Crippen LogP contribution >= 0.6 is 0 Å². The molecule has 5 heteroatoms. The highest BCUT2D eigenvalue weighted by Crippen LogP contribution is 2.14. The number of rotatable bonds is 5. The summed E-state index contributed by atoms with van der Waals surface area (Å²) in [5.74, 6) is 0.516. The molecule has 0 bridgehead atoms. The van der Waals surface area contributed by atoms with Crippen molar-refractivity contribution >= 4 is 27.6 Å². The molecular weight excluding hydrogens is 260 g/mol. The summed E-state index contributed by atoms with van der Waals surface area (Å²) in [6.07, 6.45) is 4.25. The number of hydrogen-bond acceptors (Lipinski definition) is 2. The molecule has 2 N–H and O–H groups in total. The highest BCUT2D eigenvalue weighted by molar-refractivity contribution is 7.84. The van der Waals surface area contributed by atoms with Crippen molar-refractivity contribution in [1.29, 1.82) is 0 Å². The number of carbonyl (C=O) groups excluding carboxylic acids is 1. The molecule has 0 aliphatic heterocycles. The first-order chi connectivity index (χ1) is 9.06. The molecule has 2 rings (SSSR count). The zero-order valence-electron chi connectivity index (χ0n) is 11.1. The van der Waals surface area contributed by atoms with E-state index >= 15 is 0 Å². The third kappa shape index (κ3) is 3.67. The van der Waals surface area contributed by atoms with Crippen LogP contribution in [0.25, 0.3) is 10.9 Å². The average molecular weight is 278 g/mol. The van der Waals surface area contributed by atoms with Crippen molar-refractivity contribution in [3.05, 3.63) is 36.0 Å². The van der Waals surface area contributed by atoms with Gasteiger partial charge in [0.15, 0.2) is 0 Å². The van der Waals surface area contributed by atoms with Crippen LogP contribution in [-0.4, -0.2) is 33.2 Å². The second kappa shape index (κ2) is 6.02. The molecule has 2 atom stereocenters. The van der Waals surface area contributed by atoms with Crippen molar-refractivity contribution in [2.24, 2.45) is 0 Å². The molecule has 0 saturated carbocycles. The van der Waals surface area contributed by atoms with Gasteiger partial charge in [-0.05, 0) is 36.9 Å². The predicted molar refractivity (Wildman–Crippen MR) is 78.8 cm³/mol. The molecular formula is C14H18N2O2S. The molecule has 0 aliphatic rings. The lowest BCUT2D eigenvalue weighted by Crippen LogP contribution is -2.33. The van der Waals surface area contributed by atoms with E-state index in [-0.39, 0.29) is 11.9 Å². The maximum Gasteiger partial charge on any atom is 0.251 e. The number of aromatic amines is 1. The molecule has 1 aromatic carbocycles. The van der Waals surface area contributed by atoms with E-state index in [2.05, 4.69) is 10.3 Å².